The number of hydrogen-bond donors (Lipinski definition) is 4. The molecule has 6 rings (SSSR count). The van der Waals surface area contributed by atoms with Crippen LogP contribution in [0.1, 0.15) is 24.6 Å². The summed E-state index contributed by atoms with van der Waals surface area (Å²) in [6, 6.07) is 15.3. The van der Waals surface area contributed by atoms with E-state index in [0.29, 0.717) is 41.8 Å². The van der Waals surface area contributed by atoms with Gasteiger partial charge in [0.2, 0.25) is 0 Å². The molecule has 2 fully saturated rings. The van der Waals surface area contributed by atoms with Crippen LogP contribution in [-0.4, -0.2) is 70.1 Å². The molecule has 2 aromatic heterocycles. The van der Waals surface area contributed by atoms with Gasteiger partial charge in [-0.25, -0.2) is 19.2 Å². The largest absolute Gasteiger partial charge is 0.424 e. The van der Waals surface area contributed by atoms with Crippen LogP contribution in [-0.2, 0) is 0 Å². The maximum Gasteiger partial charge on any atom is 0.322 e. The smallest absolute Gasteiger partial charge is 0.322 e. The van der Waals surface area contributed by atoms with E-state index in [1.54, 1.807) is 47.5 Å². The topological polar surface area (TPSA) is 120 Å². The van der Waals surface area contributed by atoms with Crippen LogP contribution < -0.4 is 20.7 Å². The van der Waals surface area contributed by atoms with Gasteiger partial charge in [-0.3, -0.25) is 0 Å². The van der Waals surface area contributed by atoms with Crippen molar-refractivity contribution >= 4 is 11.7 Å². The number of urea groups is 1. The Balaban J connectivity index is 1.25. The summed E-state index contributed by atoms with van der Waals surface area (Å²) < 4.78 is 19.7. The summed E-state index contributed by atoms with van der Waals surface area (Å²) >= 11 is 0. The molecule has 0 unspecified atom stereocenters. The van der Waals surface area contributed by atoms with E-state index in [1.165, 1.54) is 12.1 Å². The number of H-pyrrole nitrogens is 1. The molecule has 2 amide bonds. The van der Waals surface area contributed by atoms with E-state index < -0.39 is 0 Å². The lowest BCUT2D eigenvalue weighted by Crippen LogP contribution is -2.48. The molecule has 2 aliphatic rings. The van der Waals surface area contributed by atoms with Gasteiger partial charge in [0.05, 0.1) is 17.1 Å². The monoisotopic (exact) mass is 542 g/mol. The molecular weight excluding hydrogens is 511 g/mol. The van der Waals surface area contributed by atoms with Crippen molar-refractivity contribution < 1.29 is 13.9 Å². The number of carbonyl (C=O) groups is 1. The first kappa shape index (κ1) is 25.9. The number of benzene rings is 2. The second kappa shape index (κ2) is 11.8. The van der Waals surface area contributed by atoms with E-state index in [1.807, 2.05) is 6.07 Å². The van der Waals surface area contributed by atoms with Crippen LogP contribution in [0.3, 0.4) is 0 Å². The van der Waals surface area contributed by atoms with Gasteiger partial charge in [-0.05, 0) is 68.4 Å². The molecular formula is C29H31FN8O2. The van der Waals surface area contributed by atoms with Gasteiger partial charge in [-0.1, -0.05) is 6.07 Å². The molecule has 11 heteroatoms. The number of amides is 2. The number of nitrogens with one attached hydrogen (secondary N) is 4. The average Bonchev–Trinajstić information content (AvgIpc) is 3.45. The van der Waals surface area contributed by atoms with Crippen LogP contribution >= 0.6 is 0 Å². The quantitative estimate of drug-likeness (QED) is 0.286. The molecule has 0 radical (unpaired) electrons. The third-order valence-electron chi connectivity index (χ3n) is 7.15. The zero-order valence-electron chi connectivity index (χ0n) is 22.0. The zero-order chi connectivity index (χ0) is 27.3. The Labute approximate surface area is 231 Å². The highest BCUT2D eigenvalue weighted by Gasteiger charge is 2.23. The van der Waals surface area contributed by atoms with Gasteiger partial charge in [0.15, 0.2) is 0 Å². The van der Waals surface area contributed by atoms with E-state index in [-0.39, 0.29) is 17.9 Å². The highest BCUT2D eigenvalue weighted by molar-refractivity contribution is 5.89. The maximum atomic E-state index is 13.7. The summed E-state index contributed by atoms with van der Waals surface area (Å²) in [5.74, 6) is 1.38. The molecule has 0 atom stereocenters. The fraction of sp³-hybridized carbons (Fsp3) is 0.310. The van der Waals surface area contributed by atoms with Crippen molar-refractivity contribution in [2.75, 3.05) is 44.6 Å². The van der Waals surface area contributed by atoms with E-state index in [2.05, 4.69) is 30.9 Å². The van der Waals surface area contributed by atoms with E-state index in [0.717, 1.165) is 56.1 Å². The van der Waals surface area contributed by atoms with Crippen molar-refractivity contribution in [3.05, 3.63) is 72.4 Å². The van der Waals surface area contributed by atoms with Gasteiger partial charge in [-0.2, -0.15) is 4.98 Å². The molecule has 2 aliphatic heterocycles. The third-order valence-corrected chi connectivity index (χ3v) is 7.15. The van der Waals surface area contributed by atoms with Crippen molar-refractivity contribution in [2.24, 2.45) is 0 Å². The lowest BCUT2D eigenvalue weighted by Gasteiger charge is -2.27. The van der Waals surface area contributed by atoms with E-state index in [4.69, 9.17) is 9.72 Å². The molecule has 40 heavy (non-hydrogen) atoms. The third kappa shape index (κ3) is 5.95. The molecule has 0 saturated carbocycles. The van der Waals surface area contributed by atoms with Gasteiger partial charge in [0, 0.05) is 55.6 Å². The van der Waals surface area contributed by atoms with Crippen LogP contribution in [0.4, 0.5) is 14.9 Å². The lowest BCUT2D eigenvalue weighted by molar-refractivity contribution is 0.204. The molecule has 0 spiro atoms. The number of halogens is 1. The summed E-state index contributed by atoms with van der Waals surface area (Å²) in [6.45, 7) is 4.76. The first-order valence-electron chi connectivity index (χ1n) is 13.6. The number of hydrogen-bond acceptors (Lipinski definition) is 7. The first-order chi connectivity index (χ1) is 19.6. The SMILES string of the molecule is O=C(Nc1cccc(Oc2nccc(-c3[nH]c(C4CCNCC4)nc3-c3ccc(F)cc3)n2)c1)N1CCNCC1. The Morgan fingerprint density at radius 1 is 0.975 bits per heavy atom. The van der Waals surface area contributed by atoms with Crippen LogP contribution in [0.25, 0.3) is 22.6 Å². The van der Waals surface area contributed by atoms with Gasteiger partial charge in [-0.15, -0.1) is 0 Å². The molecule has 10 nitrogen and oxygen atoms in total. The summed E-state index contributed by atoms with van der Waals surface area (Å²) in [5.41, 5.74) is 3.46. The molecule has 2 aromatic carbocycles. The predicted molar refractivity (Wildman–Crippen MR) is 150 cm³/mol. The zero-order valence-corrected chi connectivity index (χ0v) is 22.0. The van der Waals surface area contributed by atoms with Crippen molar-refractivity contribution in [3.63, 3.8) is 0 Å². The summed E-state index contributed by atoms with van der Waals surface area (Å²) in [6.07, 6.45) is 3.60. The van der Waals surface area contributed by atoms with E-state index in [9.17, 15) is 9.18 Å². The van der Waals surface area contributed by atoms with Crippen LogP contribution in [0.15, 0.2) is 60.8 Å². The second-order valence-corrected chi connectivity index (χ2v) is 9.90. The van der Waals surface area contributed by atoms with Crippen molar-refractivity contribution in [1.82, 2.24) is 35.5 Å². The Hall–Kier alpha value is -4.35. The molecule has 4 aromatic rings. The van der Waals surface area contributed by atoms with Gasteiger partial charge < -0.3 is 30.6 Å². The maximum absolute atomic E-state index is 13.7. The summed E-state index contributed by atoms with van der Waals surface area (Å²) in [5, 5.41) is 9.56. The number of ether oxygens (including phenoxy) is 1. The number of piperidine rings is 1. The minimum Gasteiger partial charge on any atom is -0.424 e. The fourth-order valence-electron chi connectivity index (χ4n) is 5.02. The molecule has 2 saturated heterocycles. The minimum absolute atomic E-state index is 0.144. The standard InChI is InChI=1S/C29H31FN8O2/c30-21-6-4-19(5-7-21)25-26(37-27(36-25)20-8-11-31-12-9-20)24-10-13-33-28(35-24)40-23-3-1-2-22(18-23)34-29(39)38-16-14-32-15-17-38/h1-7,10,13,18,20,31-32H,8-9,11-12,14-17H2,(H,34,39)(H,36,37). The Kier molecular flexibility index (Phi) is 7.64. The van der Waals surface area contributed by atoms with Crippen molar-refractivity contribution in [2.45, 2.75) is 18.8 Å². The predicted octanol–water partition coefficient (Wildman–Crippen LogP) is 4.37. The normalized spacial score (nSPS) is 16.1. The number of aromatic amines is 1. The average molecular weight is 543 g/mol. The Bertz CT molecular complexity index is 1460. The second-order valence-electron chi connectivity index (χ2n) is 9.90. The Morgan fingerprint density at radius 3 is 2.55 bits per heavy atom. The van der Waals surface area contributed by atoms with Gasteiger partial charge in [0.25, 0.3) is 0 Å². The number of imidazole rings is 1. The van der Waals surface area contributed by atoms with Crippen LogP contribution in [0, 0.1) is 5.82 Å². The van der Waals surface area contributed by atoms with Gasteiger partial charge >= 0.3 is 12.0 Å². The number of rotatable bonds is 6. The molecule has 0 aliphatic carbocycles. The minimum atomic E-state index is -0.302. The van der Waals surface area contributed by atoms with Gasteiger partial charge in [0.1, 0.15) is 17.4 Å². The molecule has 4 heterocycles. The number of nitrogens with zero attached hydrogens (tertiary/aromatic N) is 4. The van der Waals surface area contributed by atoms with Crippen molar-refractivity contribution in [1.29, 1.82) is 0 Å². The Morgan fingerprint density at radius 2 is 1.75 bits per heavy atom. The van der Waals surface area contributed by atoms with Crippen molar-refractivity contribution in [3.8, 4) is 34.4 Å². The molecule has 206 valence electrons. The number of anilines is 1. The molecule has 4 N–H and O–H groups in total. The number of aromatic nitrogens is 4. The molecule has 0 bridgehead atoms. The number of piperazine rings is 1. The van der Waals surface area contributed by atoms with Crippen LogP contribution in [0.2, 0.25) is 0 Å². The highest BCUT2D eigenvalue weighted by atomic mass is 19.1. The highest BCUT2D eigenvalue weighted by Crippen LogP contribution is 2.34. The van der Waals surface area contributed by atoms with E-state index >= 15 is 0 Å². The first-order valence-corrected chi connectivity index (χ1v) is 13.6. The lowest BCUT2D eigenvalue weighted by atomic mass is 9.98. The summed E-state index contributed by atoms with van der Waals surface area (Å²) in [7, 11) is 0. The number of carbonyl (C=O) groups excluding carboxylic acids is 1. The summed E-state index contributed by atoms with van der Waals surface area (Å²) in [4.78, 5) is 31.8. The van der Waals surface area contributed by atoms with Crippen LogP contribution in [0.5, 0.6) is 11.8 Å². The fourth-order valence-corrected chi connectivity index (χ4v) is 5.02.